The molecule has 0 saturated heterocycles. The number of benzene rings is 2. The van der Waals surface area contributed by atoms with Crippen LogP contribution >= 0.6 is 34.8 Å². The van der Waals surface area contributed by atoms with E-state index in [4.69, 9.17) is 39.5 Å². The number of phenols is 1. The van der Waals surface area contributed by atoms with Crippen LogP contribution in [0.25, 0.3) is 10.8 Å². The van der Waals surface area contributed by atoms with Crippen molar-refractivity contribution in [3.8, 4) is 11.5 Å². The minimum Gasteiger partial charge on any atom is -0.506 e. The Morgan fingerprint density at radius 2 is 1.94 bits per heavy atom. The van der Waals surface area contributed by atoms with Gasteiger partial charge in [-0.15, -0.1) is 0 Å². The van der Waals surface area contributed by atoms with E-state index < -0.39 is 0 Å². The fraction of sp³-hybridized carbons (Fsp3) is 0.0769. The van der Waals surface area contributed by atoms with E-state index in [1.165, 1.54) is 6.08 Å². The molecule has 94 valence electrons. The third-order valence-electron chi connectivity index (χ3n) is 2.42. The number of halogens is 3. The molecule has 0 unspecified atom stereocenters. The standard InChI is InChI=1S/C13H9Cl3O2/c14-10-5-4-8-9(13(10)17)2-1-3-11(8)18-7-6-12(15)16/h1-6,17H,7H2. The summed E-state index contributed by atoms with van der Waals surface area (Å²) in [7, 11) is 0. The van der Waals surface area contributed by atoms with E-state index in [9.17, 15) is 5.11 Å². The van der Waals surface area contributed by atoms with Crippen LogP contribution in [0.5, 0.6) is 11.5 Å². The average molecular weight is 304 g/mol. The van der Waals surface area contributed by atoms with Crippen molar-refractivity contribution in [3.63, 3.8) is 0 Å². The highest BCUT2D eigenvalue weighted by Gasteiger charge is 2.08. The number of phenolic OH excluding ortho intramolecular Hbond substituents is 1. The van der Waals surface area contributed by atoms with Crippen LogP contribution in [-0.4, -0.2) is 11.7 Å². The van der Waals surface area contributed by atoms with Gasteiger partial charge in [0, 0.05) is 10.8 Å². The number of aromatic hydroxyl groups is 1. The van der Waals surface area contributed by atoms with Gasteiger partial charge >= 0.3 is 0 Å². The maximum atomic E-state index is 9.85. The van der Waals surface area contributed by atoms with Crippen LogP contribution in [0.4, 0.5) is 0 Å². The van der Waals surface area contributed by atoms with Gasteiger partial charge in [-0.1, -0.05) is 46.9 Å². The van der Waals surface area contributed by atoms with Gasteiger partial charge in [0.25, 0.3) is 0 Å². The lowest BCUT2D eigenvalue weighted by Gasteiger charge is -2.09. The molecule has 0 aliphatic carbocycles. The van der Waals surface area contributed by atoms with E-state index >= 15 is 0 Å². The molecule has 0 spiro atoms. The molecule has 1 N–H and O–H groups in total. The summed E-state index contributed by atoms with van der Waals surface area (Å²) in [6.07, 6.45) is 1.54. The summed E-state index contributed by atoms with van der Waals surface area (Å²) in [6, 6.07) is 8.76. The van der Waals surface area contributed by atoms with E-state index in [0.29, 0.717) is 16.2 Å². The summed E-state index contributed by atoms with van der Waals surface area (Å²) >= 11 is 16.8. The van der Waals surface area contributed by atoms with Gasteiger partial charge < -0.3 is 9.84 Å². The average Bonchev–Trinajstić information content (AvgIpc) is 2.34. The van der Waals surface area contributed by atoms with Crippen LogP contribution in [0, 0.1) is 0 Å². The molecule has 0 heterocycles. The second-order valence-electron chi connectivity index (χ2n) is 3.55. The van der Waals surface area contributed by atoms with E-state index in [2.05, 4.69) is 0 Å². The molecule has 2 aromatic rings. The second-order valence-corrected chi connectivity index (χ2v) is 4.97. The molecule has 0 atom stereocenters. The zero-order chi connectivity index (χ0) is 13.1. The second kappa shape index (κ2) is 5.70. The Hall–Kier alpha value is -1.09. The third kappa shape index (κ3) is 2.83. The highest BCUT2D eigenvalue weighted by atomic mass is 35.5. The van der Waals surface area contributed by atoms with Gasteiger partial charge in [-0.05, 0) is 24.3 Å². The minimum absolute atomic E-state index is 0.0468. The van der Waals surface area contributed by atoms with Crippen LogP contribution < -0.4 is 4.74 Å². The third-order valence-corrected chi connectivity index (χ3v) is 3.03. The van der Waals surface area contributed by atoms with Gasteiger partial charge in [0.2, 0.25) is 0 Å². The van der Waals surface area contributed by atoms with Crippen molar-refractivity contribution in [2.75, 3.05) is 6.61 Å². The Kier molecular flexibility index (Phi) is 4.23. The van der Waals surface area contributed by atoms with Crippen LogP contribution in [0.1, 0.15) is 0 Å². The lowest BCUT2D eigenvalue weighted by Crippen LogP contribution is -1.94. The quantitative estimate of drug-likeness (QED) is 0.874. The van der Waals surface area contributed by atoms with E-state index in [1.54, 1.807) is 30.3 Å². The Morgan fingerprint density at radius 3 is 2.67 bits per heavy atom. The summed E-state index contributed by atoms with van der Waals surface area (Å²) in [5, 5.41) is 11.6. The number of hydrogen-bond acceptors (Lipinski definition) is 2. The number of fused-ring (bicyclic) bond motifs is 1. The molecule has 5 heteroatoms. The van der Waals surface area contributed by atoms with Crippen molar-refractivity contribution in [2.45, 2.75) is 0 Å². The molecule has 0 saturated carbocycles. The summed E-state index contributed by atoms with van der Waals surface area (Å²) in [4.78, 5) is 0. The smallest absolute Gasteiger partial charge is 0.142 e. The number of rotatable bonds is 3. The molecule has 0 aliphatic heterocycles. The Balaban J connectivity index is 2.40. The molecule has 2 aromatic carbocycles. The van der Waals surface area contributed by atoms with Crippen molar-refractivity contribution in [3.05, 3.63) is 45.9 Å². The van der Waals surface area contributed by atoms with Crippen molar-refractivity contribution >= 4 is 45.6 Å². The lowest BCUT2D eigenvalue weighted by atomic mass is 10.1. The Bertz CT molecular complexity index is 604. The minimum atomic E-state index is 0.0468. The molecule has 2 nitrogen and oxygen atoms in total. The van der Waals surface area contributed by atoms with Crippen molar-refractivity contribution in [1.82, 2.24) is 0 Å². The van der Waals surface area contributed by atoms with Crippen LogP contribution in [-0.2, 0) is 0 Å². The SMILES string of the molecule is Oc1c(Cl)ccc2c(OCC=C(Cl)Cl)cccc12. The zero-order valence-corrected chi connectivity index (χ0v) is 11.4. The molecule has 0 amide bonds. The highest BCUT2D eigenvalue weighted by Crippen LogP contribution is 2.36. The number of hydrogen-bond donors (Lipinski definition) is 1. The van der Waals surface area contributed by atoms with Crippen LogP contribution in [0.2, 0.25) is 5.02 Å². The van der Waals surface area contributed by atoms with E-state index in [-0.39, 0.29) is 16.8 Å². The predicted octanol–water partition coefficient (Wildman–Crippen LogP) is 4.90. The van der Waals surface area contributed by atoms with Crippen molar-refractivity contribution < 1.29 is 9.84 Å². The first-order valence-electron chi connectivity index (χ1n) is 5.13. The van der Waals surface area contributed by atoms with Crippen molar-refractivity contribution in [2.24, 2.45) is 0 Å². The molecule has 0 fully saturated rings. The molecule has 0 bridgehead atoms. The van der Waals surface area contributed by atoms with Gasteiger partial charge in [-0.2, -0.15) is 0 Å². The molecular weight excluding hydrogens is 295 g/mol. The van der Waals surface area contributed by atoms with Gasteiger partial charge in [-0.3, -0.25) is 0 Å². The molecule has 0 aromatic heterocycles. The topological polar surface area (TPSA) is 29.5 Å². The van der Waals surface area contributed by atoms with Gasteiger partial charge in [0.15, 0.2) is 0 Å². The van der Waals surface area contributed by atoms with Gasteiger partial charge in [0.05, 0.1) is 5.02 Å². The normalized spacial score (nSPS) is 10.4. The fourth-order valence-electron chi connectivity index (χ4n) is 1.61. The lowest BCUT2D eigenvalue weighted by molar-refractivity contribution is 0.367. The Labute approximate surface area is 119 Å². The van der Waals surface area contributed by atoms with E-state index in [1.807, 2.05) is 0 Å². The summed E-state index contributed by atoms with van der Waals surface area (Å²) in [5.41, 5.74) is 0. The molecule has 0 radical (unpaired) electrons. The first-order valence-corrected chi connectivity index (χ1v) is 6.27. The largest absolute Gasteiger partial charge is 0.506 e. The first kappa shape index (κ1) is 13.3. The molecule has 0 aliphatic rings. The van der Waals surface area contributed by atoms with Crippen molar-refractivity contribution in [1.29, 1.82) is 0 Å². The molecular formula is C13H9Cl3O2. The summed E-state index contributed by atoms with van der Waals surface area (Å²) in [5.74, 6) is 0.677. The molecule has 2 rings (SSSR count). The highest BCUT2D eigenvalue weighted by molar-refractivity contribution is 6.55. The maximum Gasteiger partial charge on any atom is 0.142 e. The summed E-state index contributed by atoms with van der Waals surface area (Å²) in [6.45, 7) is 0.255. The summed E-state index contributed by atoms with van der Waals surface area (Å²) < 4.78 is 5.68. The Morgan fingerprint density at radius 1 is 1.17 bits per heavy atom. The first-order chi connectivity index (χ1) is 8.59. The molecule has 18 heavy (non-hydrogen) atoms. The maximum absolute atomic E-state index is 9.85. The van der Waals surface area contributed by atoms with E-state index in [0.717, 1.165) is 5.39 Å². The monoisotopic (exact) mass is 302 g/mol. The number of ether oxygens (including phenoxy) is 1. The fourth-order valence-corrected chi connectivity index (χ4v) is 1.90. The van der Waals surface area contributed by atoms with Crippen LogP contribution in [0.15, 0.2) is 40.9 Å². The predicted molar refractivity (Wildman–Crippen MR) is 75.9 cm³/mol. The van der Waals surface area contributed by atoms with Gasteiger partial charge in [0.1, 0.15) is 22.6 Å². The van der Waals surface area contributed by atoms with Crippen LogP contribution in [0.3, 0.4) is 0 Å². The van der Waals surface area contributed by atoms with Gasteiger partial charge in [-0.25, -0.2) is 0 Å². The zero-order valence-electron chi connectivity index (χ0n) is 9.16.